The first-order chi connectivity index (χ1) is 15.1. The summed E-state index contributed by atoms with van der Waals surface area (Å²) in [4.78, 5) is 7.43. The predicted octanol–water partition coefficient (Wildman–Crippen LogP) is 4.88. The highest BCUT2D eigenvalue weighted by atomic mass is 32.2. The minimum atomic E-state index is -3.69. The van der Waals surface area contributed by atoms with Crippen molar-refractivity contribution in [2.45, 2.75) is 6.92 Å². The number of halogens is 2. The van der Waals surface area contributed by atoms with Gasteiger partial charge in [-0.05, 0) is 42.3 Å². The van der Waals surface area contributed by atoms with Crippen molar-refractivity contribution in [3.63, 3.8) is 0 Å². The van der Waals surface area contributed by atoms with Crippen LogP contribution in [0.5, 0.6) is 5.75 Å². The summed E-state index contributed by atoms with van der Waals surface area (Å²) in [5, 5.41) is 0.600. The average molecular weight is 460 g/mol. The molecule has 6 nitrogen and oxygen atoms in total. The number of fused-ring (bicyclic) bond motifs is 1. The van der Waals surface area contributed by atoms with Crippen LogP contribution in [0.4, 0.5) is 8.78 Å². The number of nitrogens with zero attached hydrogens (tertiary/aromatic N) is 2. The van der Waals surface area contributed by atoms with E-state index in [1.807, 2.05) is 0 Å². The second-order valence-electron chi connectivity index (χ2n) is 7.21. The molecule has 32 heavy (non-hydrogen) atoms. The molecule has 0 bridgehead atoms. The summed E-state index contributed by atoms with van der Waals surface area (Å²) in [7, 11) is 0.514. The molecule has 0 spiro atoms. The number of nitrogens with one attached hydrogen (secondary N) is 1. The lowest BCUT2D eigenvalue weighted by atomic mass is 10.0. The van der Waals surface area contributed by atoms with Crippen molar-refractivity contribution in [3.05, 3.63) is 77.5 Å². The van der Waals surface area contributed by atoms with Gasteiger partial charge in [0.1, 0.15) is 11.5 Å². The Hall–Kier alpha value is -3.30. The number of pyridine rings is 1. The third-order valence-electron chi connectivity index (χ3n) is 4.91. The zero-order valence-corrected chi connectivity index (χ0v) is 18.9. The first-order valence-electron chi connectivity index (χ1n) is 9.54. The van der Waals surface area contributed by atoms with E-state index >= 15 is 0 Å². The molecule has 9 heteroatoms. The summed E-state index contributed by atoms with van der Waals surface area (Å²) in [5.74, 6) is -1.63. The number of rotatable bonds is 7. The monoisotopic (exact) mass is 459 g/mol. The van der Waals surface area contributed by atoms with E-state index in [0.29, 0.717) is 27.7 Å². The lowest BCUT2D eigenvalue weighted by molar-refractivity contribution is 0.386. The van der Waals surface area contributed by atoms with Gasteiger partial charge in [-0.25, -0.2) is 26.5 Å². The lowest BCUT2D eigenvalue weighted by Crippen LogP contribution is -2.23. The summed E-state index contributed by atoms with van der Waals surface area (Å²) in [6.45, 7) is 5.33. The molecule has 3 rings (SSSR count). The highest BCUT2D eigenvalue weighted by Gasteiger charge is 2.20. The number of sulfonamides is 1. The number of ether oxygens (including phenoxy) is 1. The first kappa shape index (κ1) is 23.4. The van der Waals surface area contributed by atoms with Gasteiger partial charge in [-0.3, -0.25) is 0 Å². The van der Waals surface area contributed by atoms with Gasteiger partial charge in [0.2, 0.25) is 10.0 Å². The van der Waals surface area contributed by atoms with Crippen molar-refractivity contribution < 1.29 is 21.9 Å². The van der Waals surface area contributed by atoms with E-state index in [-0.39, 0.29) is 16.2 Å². The van der Waals surface area contributed by atoms with Gasteiger partial charge in [-0.15, -0.1) is 0 Å². The van der Waals surface area contributed by atoms with Crippen LogP contribution in [0.2, 0.25) is 0 Å². The number of hydrogen-bond acceptors (Lipinski definition) is 4. The van der Waals surface area contributed by atoms with Crippen molar-refractivity contribution in [1.29, 1.82) is 0 Å². The van der Waals surface area contributed by atoms with Gasteiger partial charge >= 0.3 is 0 Å². The fraction of sp³-hybridized carbons (Fsp3) is 0.174. The molecule has 0 amide bonds. The fourth-order valence-electron chi connectivity index (χ4n) is 3.24. The second-order valence-corrected chi connectivity index (χ2v) is 9.36. The standard InChI is InChI=1S/C23H23F2N3O3S/c1-6-7-17(32(29,30)28(3)4)8-14(2)15-9-19-20(13-27-23(19)26-12-15)18-10-16(24)11-21(25)22(18)31-5/h6-13H,1H2,2-5H3,(H,26,27)/b14-8+,17-7+. The topological polar surface area (TPSA) is 75.3 Å². The molecule has 0 atom stereocenters. The molecule has 0 aliphatic rings. The number of methoxy groups -OCH3 is 1. The van der Waals surface area contributed by atoms with Crippen molar-refractivity contribution in [1.82, 2.24) is 14.3 Å². The Labute approximate surface area is 185 Å². The Morgan fingerprint density at radius 2 is 1.94 bits per heavy atom. The van der Waals surface area contributed by atoms with Gasteiger partial charge < -0.3 is 9.72 Å². The molecule has 1 aromatic carbocycles. The van der Waals surface area contributed by atoms with E-state index in [9.17, 15) is 17.2 Å². The van der Waals surface area contributed by atoms with Crippen LogP contribution in [-0.4, -0.2) is 43.9 Å². The number of H-pyrrole nitrogens is 1. The van der Waals surface area contributed by atoms with Gasteiger partial charge in [0.25, 0.3) is 0 Å². The summed E-state index contributed by atoms with van der Waals surface area (Å²) in [6, 6.07) is 3.72. The van der Waals surface area contributed by atoms with Crippen molar-refractivity contribution >= 4 is 26.6 Å². The molecular formula is C23H23F2N3O3S. The summed E-state index contributed by atoms with van der Waals surface area (Å²) in [6.07, 6.45) is 7.51. The van der Waals surface area contributed by atoms with Crippen LogP contribution in [-0.2, 0) is 10.0 Å². The average Bonchev–Trinajstić information content (AvgIpc) is 3.15. The molecule has 2 heterocycles. The van der Waals surface area contributed by atoms with Crippen LogP contribution in [0.15, 0.2) is 60.3 Å². The first-order valence-corrected chi connectivity index (χ1v) is 11.0. The third kappa shape index (κ3) is 4.35. The highest BCUT2D eigenvalue weighted by molar-refractivity contribution is 7.93. The Morgan fingerprint density at radius 3 is 2.56 bits per heavy atom. The number of aromatic amines is 1. The molecule has 0 unspecified atom stereocenters. The summed E-state index contributed by atoms with van der Waals surface area (Å²) >= 11 is 0. The zero-order chi connectivity index (χ0) is 23.6. The molecule has 0 radical (unpaired) electrons. The Kier molecular flexibility index (Phi) is 6.61. The maximum atomic E-state index is 14.2. The van der Waals surface area contributed by atoms with Crippen molar-refractivity contribution in [3.8, 4) is 16.9 Å². The molecular weight excluding hydrogens is 436 g/mol. The Bertz CT molecular complexity index is 1360. The normalized spacial score (nSPS) is 13.1. The molecule has 3 aromatic rings. The number of benzene rings is 1. The molecule has 0 saturated heterocycles. The van der Waals surface area contributed by atoms with Crippen LogP contribution in [0.3, 0.4) is 0 Å². The predicted molar refractivity (Wildman–Crippen MR) is 123 cm³/mol. The smallest absolute Gasteiger partial charge is 0.242 e. The lowest BCUT2D eigenvalue weighted by Gasteiger charge is -2.13. The maximum absolute atomic E-state index is 14.2. The van der Waals surface area contributed by atoms with Gasteiger partial charge in [-0.2, -0.15) is 0 Å². The van der Waals surface area contributed by atoms with Crippen LogP contribution in [0.1, 0.15) is 12.5 Å². The third-order valence-corrected chi connectivity index (χ3v) is 6.72. The highest BCUT2D eigenvalue weighted by Crippen LogP contribution is 2.37. The van der Waals surface area contributed by atoms with Gasteiger partial charge in [-0.1, -0.05) is 12.7 Å². The molecule has 0 fully saturated rings. The van der Waals surface area contributed by atoms with Crippen molar-refractivity contribution in [2.75, 3.05) is 21.2 Å². The number of aromatic nitrogens is 2. The van der Waals surface area contributed by atoms with E-state index < -0.39 is 21.7 Å². The minimum Gasteiger partial charge on any atom is -0.493 e. The van der Waals surface area contributed by atoms with Gasteiger partial charge in [0.15, 0.2) is 11.6 Å². The molecule has 0 aliphatic carbocycles. The molecule has 168 valence electrons. The Morgan fingerprint density at radius 1 is 1.22 bits per heavy atom. The van der Waals surface area contributed by atoms with Crippen LogP contribution >= 0.6 is 0 Å². The molecule has 1 N–H and O–H groups in total. The SMILES string of the molecule is C=C/C=C(\C=C(/C)c1cnc2[nH]cc(-c3cc(F)cc(F)c3OC)c2c1)S(=O)(=O)N(C)C. The van der Waals surface area contributed by atoms with E-state index in [4.69, 9.17) is 4.74 Å². The Balaban J connectivity index is 2.17. The second kappa shape index (κ2) is 9.05. The quantitative estimate of drug-likeness (QED) is 0.511. The minimum absolute atomic E-state index is 0.0678. The van der Waals surface area contributed by atoms with Crippen LogP contribution < -0.4 is 4.74 Å². The van der Waals surface area contributed by atoms with Crippen LogP contribution in [0, 0.1) is 11.6 Å². The summed E-state index contributed by atoms with van der Waals surface area (Å²) < 4.78 is 59.6. The van der Waals surface area contributed by atoms with E-state index in [2.05, 4.69) is 16.5 Å². The van der Waals surface area contributed by atoms with E-state index in [1.54, 1.807) is 25.4 Å². The number of allylic oxidation sites excluding steroid dienone is 4. The fourth-order valence-corrected chi connectivity index (χ4v) is 4.26. The molecule has 0 saturated carbocycles. The summed E-state index contributed by atoms with van der Waals surface area (Å²) in [5.41, 5.74) is 2.51. The largest absolute Gasteiger partial charge is 0.493 e. The van der Waals surface area contributed by atoms with Crippen LogP contribution in [0.25, 0.3) is 27.7 Å². The maximum Gasteiger partial charge on any atom is 0.242 e. The number of hydrogen-bond donors (Lipinski definition) is 1. The van der Waals surface area contributed by atoms with E-state index in [0.717, 1.165) is 10.4 Å². The molecule has 0 aliphatic heterocycles. The van der Waals surface area contributed by atoms with Gasteiger partial charge in [0, 0.05) is 49.1 Å². The van der Waals surface area contributed by atoms with Gasteiger partial charge in [0.05, 0.1) is 12.0 Å². The van der Waals surface area contributed by atoms with E-state index in [1.165, 1.54) is 45.5 Å². The zero-order valence-electron chi connectivity index (χ0n) is 18.1. The molecule has 2 aromatic heterocycles. The van der Waals surface area contributed by atoms with Crippen molar-refractivity contribution in [2.24, 2.45) is 0 Å².